The minimum Gasteiger partial charge on any atom is -0.355 e. The van der Waals surface area contributed by atoms with Gasteiger partial charge in [-0.25, -0.2) is 4.39 Å². The Hall–Kier alpha value is -3.47. The Kier molecular flexibility index (Phi) is 6.95. The van der Waals surface area contributed by atoms with Crippen LogP contribution in [0.15, 0.2) is 84.9 Å². The van der Waals surface area contributed by atoms with Crippen LogP contribution in [0.25, 0.3) is 0 Å². The lowest BCUT2D eigenvalue weighted by Crippen LogP contribution is -2.46. The first kappa shape index (κ1) is 21.8. The Morgan fingerprint density at radius 1 is 0.906 bits per heavy atom. The van der Waals surface area contributed by atoms with Crippen LogP contribution in [0.4, 0.5) is 4.39 Å². The molecule has 1 unspecified atom stereocenters. The van der Waals surface area contributed by atoms with Crippen molar-refractivity contribution in [3.05, 3.63) is 107 Å². The fraction of sp³-hybridized carbons (Fsp3) is 0.259. The quantitative estimate of drug-likeness (QED) is 0.620. The summed E-state index contributed by atoms with van der Waals surface area (Å²) in [4.78, 5) is 27.5. The Morgan fingerprint density at radius 2 is 1.50 bits per heavy atom. The van der Waals surface area contributed by atoms with Crippen LogP contribution in [0.3, 0.4) is 0 Å². The summed E-state index contributed by atoms with van der Waals surface area (Å²) in [5, 5.41) is 3.13. The molecule has 0 bridgehead atoms. The molecule has 1 heterocycles. The minimum absolute atomic E-state index is 0.0292. The highest BCUT2D eigenvalue weighted by molar-refractivity contribution is 5.94. The molecule has 0 aromatic heterocycles. The van der Waals surface area contributed by atoms with Gasteiger partial charge in [-0.2, -0.15) is 0 Å². The molecule has 1 aliphatic rings. The molecule has 32 heavy (non-hydrogen) atoms. The molecule has 0 aliphatic carbocycles. The van der Waals surface area contributed by atoms with Crippen molar-refractivity contribution in [2.75, 3.05) is 19.6 Å². The van der Waals surface area contributed by atoms with E-state index in [0.717, 1.165) is 24.0 Å². The Balaban J connectivity index is 1.41. The van der Waals surface area contributed by atoms with E-state index in [9.17, 15) is 14.0 Å². The second-order valence-electron chi connectivity index (χ2n) is 8.22. The summed E-state index contributed by atoms with van der Waals surface area (Å²) >= 11 is 0. The fourth-order valence-electron chi connectivity index (χ4n) is 4.30. The summed E-state index contributed by atoms with van der Waals surface area (Å²) in [6.07, 6.45) is 1.52. The van der Waals surface area contributed by atoms with E-state index in [1.165, 1.54) is 24.3 Å². The predicted molar refractivity (Wildman–Crippen MR) is 123 cm³/mol. The number of hydrogen-bond acceptors (Lipinski definition) is 2. The third-order valence-corrected chi connectivity index (χ3v) is 6.05. The van der Waals surface area contributed by atoms with Gasteiger partial charge >= 0.3 is 0 Å². The molecule has 5 heteroatoms. The molecular formula is C27H27FN2O2. The number of nitrogens with zero attached hydrogens (tertiary/aromatic N) is 1. The average molecular weight is 431 g/mol. The molecule has 4 rings (SSSR count). The standard InChI is InChI=1S/C27H27FN2O2/c28-24-15-13-22(14-16-24)27(32)30-17-7-12-23(19-30)26(31)29-18-25(20-8-3-1-4-9-20)21-10-5-2-6-11-21/h1-6,8-11,13-16,23,25H,7,12,17-19H2,(H,29,31). The van der Waals surface area contributed by atoms with Crippen LogP contribution in [-0.2, 0) is 4.79 Å². The molecule has 0 spiro atoms. The molecule has 0 radical (unpaired) electrons. The second kappa shape index (κ2) is 10.2. The first-order chi connectivity index (χ1) is 15.6. The van der Waals surface area contributed by atoms with Crippen LogP contribution in [0.1, 0.15) is 40.2 Å². The van der Waals surface area contributed by atoms with Gasteiger partial charge < -0.3 is 10.2 Å². The lowest BCUT2D eigenvalue weighted by molar-refractivity contribution is -0.126. The van der Waals surface area contributed by atoms with Gasteiger partial charge in [0.25, 0.3) is 5.91 Å². The number of piperidine rings is 1. The van der Waals surface area contributed by atoms with Gasteiger partial charge in [-0.05, 0) is 48.2 Å². The molecule has 1 fully saturated rings. The number of halogens is 1. The zero-order chi connectivity index (χ0) is 22.3. The number of carbonyl (C=O) groups is 2. The smallest absolute Gasteiger partial charge is 0.253 e. The van der Waals surface area contributed by atoms with Crippen molar-refractivity contribution < 1.29 is 14.0 Å². The molecule has 3 aromatic rings. The Morgan fingerprint density at radius 3 is 2.09 bits per heavy atom. The van der Waals surface area contributed by atoms with Gasteiger partial charge in [0.1, 0.15) is 5.82 Å². The maximum atomic E-state index is 13.2. The van der Waals surface area contributed by atoms with Crippen molar-refractivity contribution in [2.24, 2.45) is 5.92 Å². The monoisotopic (exact) mass is 430 g/mol. The average Bonchev–Trinajstić information content (AvgIpc) is 2.85. The van der Waals surface area contributed by atoms with E-state index in [4.69, 9.17) is 0 Å². The SMILES string of the molecule is O=C(NCC(c1ccccc1)c1ccccc1)C1CCCN(C(=O)c2ccc(F)cc2)C1. The fourth-order valence-corrected chi connectivity index (χ4v) is 4.30. The van der Waals surface area contributed by atoms with Crippen LogP contribution in [-0.4, -0.2) is 36.3 Å². The van der Waals surface area contributed by atoms with Gasteiger partial charge in [-0.15, -0.1) is 0 Å². The molecule has 1 saturated heterocycles. The highest BCUT2D eigenvalue weighted by Gasteiger charge is 2.29. The maximum Gasteiger partial charge on any atom is 0.253 e. The normalized spacial score (nSPS) is 16.1. The predicted octanol–water partition coefficient (Wildman–Crippen LogP) is 4.63. The van der Waals surface area contributed by atoms with Crippen molar-refractivity contribution in [1.29, 1.82) is 0 Å². The largest absolute Gasteiger partial charge is 0.355 e. The summed E-state index contributed by atoms with van der Waals surface area (Å²) in [5.74, 6) is -0.751. The van der Waals surface area contributed by atoms with E-state index < -0.39 is 0 Å². The van der Waals surface area contributed by atoms with Gasteiger partial charge in [-0.1, -0.05) is 60.7 Å². The van der Waals surface area contributed by atoms with Crippen molar-refractivity contribution >= 4 is 11.8 Å². The third-order valence-electron chi connectivity index (χ3n) is 6.05. The van der Waals surface area contributed by atoms with E-state index in [2.05, 4.69) is 29.6 Å². The number of hydrogen-bond donors (Lipinski definition) is 1. The number of carbonyl (C=O) groups excluding carboxylic acids is 2. The van der Waals surface area contributed by atoms with Gasteiger partial charge in [0, 0.05) is 31.1 Å². The number of likely N-dealkylation sites (tertiary alicyclic amines) is 1. The molecule has 164 valence electrons. The Bertz CT molecular complexity index is 999. The van der Waals surface area contributed by atoms with E-state index in [0.29, 0.717) is 25.2 Å². The maximum absolute atomic E-state index is 13.2. The van der Waals surface area contributed by atoms with Crippen molar-refractivity contribution in [1.82, 2.24) is 10.2 Å². The van der Waals surface area contributed by atoms with Crippen LogP contribution in [0.2, 0.25) is 0 Å². The highest BCUT2D eigenvalue weighted by Crippen LogP contribution is 2.25. The van der Waals surface area contributed by atoms with Crippen LogP contribution in [0.5, 0.6) is 0 Å². The summed E-state index contributed by atoms with van der Waals surface area (Å²) < 4.78 is 13.2. The number of nitrogens with one attached hydrogen (secondary N) is 1. The van der Waals surface area contributed by atoms with Crippen molar-refractivity contribution in [3.8, 4) is 0 Å². The summed E-state index contributed by atoms with van der Waals surface area (Å²) in [6, 6.07) is 25.9. The van der Waals surface area contributed by atoms with Crippen LogP contribution in [0, 0.1) is 11.7 Å². The van der Waals surface area contributed by atoms with Crippen LogP contribution < -0.4 is 5.32 Å². The molecule has 1 aliphatic heterocycles. The highest BCUT2D eigenvalue weighted by atomic mass is 19.1. The van der Waals surface area contributed by atoms with E-state index in [-0.39, 0.29) is 29.5 Å². The van der Waals surface area contributed by atoms with Crippen molar-refractivity contribution in [3.63, 3.8) is 0 Å². The minimum atomic E-state index is -0.371. The lowest BCUT2D eigenvalue weighted by atomic mass is 9.90. The summed E-state index contributed by atoms with van der Waals surface area (Å²) in [6.45, 7) is 1.48. The third kappa shape index (κ3) is 5.22. The first-order valence-corrected chi connectivity index (χ1v) is 11.0. The van der Waals surface area contributed by atoms with Gasteiger partial charge in [0.15, 0.2) is 0 Å². The molecule has 1 N–H and O–H groups in total. The van der Waals surface area contributed by atoms with Crippen LogP contribution >= 0.6 is 0 Å². The molecule has 2 amide bonds. The second-order valence-corrected chi connectivity index (χ2v) is 8.22. The zero-order valence-electron chi connectivity index (χ0n) is 17.9. The van der Waals surface area contributed by atoms with Gasteiger partial charge in [-0.3, -0.25) is 9.59 Å². The summed E-state index contributed by atoms with van der Waals surface area (Å²) in [5.41, 5.74) is 2.74. The number of benzene rings is 3. The Labute approximate surface area is 188 Å². The van der Waals surface area contributed by atoms with E-state index >= 15 is 0 Å². The lowest BCUT2D eigenvalue weighted by Gasteiger charge is -2.32. The van der Waals surface area contributed by atoms with E-state index in [1.54, 1.807) is 4.90 Å². The first-order valence-electron chi connectivity index (χ1n) is 11.0. The molecule has 1 atom stereocenters. The zero-order valence-corrected chi connectivity index (χ0v) is 17.9. The molecular weight excluding hydrogens is 403 g/mol. The summed E-state index contributed by atoms with van der Waals surface area (Å²) in [7, 11) is 0. The van der Waals surface area contributed by atoms with Crippen molar-refractivity contribution in [2.45, 2.75) is 18.8 Å². The molecule has 0 saturated carbocycles. The molecule has 3 aromatic carbocycles. The number of rotatable bonds is 6. The molecule has 4 nitrogen and oxygen atoms in total. The van der Waals surface area contributed by atoms with Gasteiger partial charge in [0.05, 0.1) is 5.92 Å². The van der Waals surface area contributed by atoms with Gasteiger partial charge in [0.2, 0.25) is 5.91 Å². The van der Waals surface area contributed by atoms with E-state index in [1.807, 2.05) is 36.4 Å². The number of amides is 2. The topological polar surface area (TPSA) is 49.4 Å².